The first-order valence-electron chi connectivity index (χ1n) is 5.39. The molecule has 96 valence electrons. The fourth-order valence-corrected chi connectivity index (χ4v) is 1.96. The van der Waals surface area contributed by atoms with Crippen LogP contribution in [0.1, 0.15) is 16.8 Å². The lowest BCUT2D eigenvalue weighted by Gasteiger charge is -2.00. The van der Waals surface area contributed by atoms with Gasteiger partial charge in [0.05, 0.1) is 17.3 Å². The lowest BCUT2D eigenvalue weighted by molar-refractivity contribution is -0.390. The molecule has 0 atom stereocenters. The van der Waals surface area contributed by atoms with E-state index in [-0.39, 0.29) is 5.56 Å². The molecule has 2 aromatic rings. The van der Waals surface area contributed by atoms with E-state index >= 15 is 0 Å². The predicted molar refractivity (Wildman–Crippen MR) is 68.9 cm³/mol. The Hall–Kier alpha value is -2.39. The number of benzene rings is 1. The highest BCUT2D eigenvalue weighted by molar-refractivity contribution is 6.30. The molecule has 0 amide bonds. The average molecular weight is 277 g/mol. The molecule has 2 rings (SSSR count). The van der Waals surface area contributed by atoms with E-state index in [4.69, 9.17) is 16.9 Å². The van der Waals surface area contributed by atoms with Gasteiger partial charge in [-0.2, -0.15) is 9.94 Å². The number of hydrogen-bond donors (Lipinski definition) is 0. The first-order valence-corrected chi connectivity index (χ1v) is 5.77. The first-order chi connectivity index (χ1) is 9.02. The summed E-state index contributed by atoms with van der Waals surface area (Å²) < 4.78 is 1.43. The number of hydrogen-bond acceptors (Lipinski definition) is 4. The van der Waals surface area contributed by atoms with E-state index in [1.54, 1.807) is 25.1 Å². The maximum atomic E-state index is 10.8. The van der Waals surface area contributed by atoms with Gasteiger partial charge in [0.15, 0.2) is 5.56 Å². The van der Waals surface area contributed by atoms with Crippen LogP contribution in [0.4, 0.5) is 5.82 Å². The van der Waals surface area contributed by atoms with Gasteiger partial charge in [-0.15, -0.1) is 0 Å². The van der Waals surface area contributed by atoms with Crippen LogP contribution in [0.3, 0.4) is 0 Å². The average Bonchev–Trinajstić information content (AvgIpc) is 2.66. The smallest absolute Gasteiger partial charge is 0.358 e. The zero-order chi connectivity index (χ0) is 14.0. The molecule has 1 heterocycles. The Balaban J connectivity index is 2.42. The molecule has 0 aliphatic carbocycles. The lowest BCUT2D eigenvalue weighted by atomic mass is 10.2. The predicted octanol–water partition coefficient (Wildman–Crippen LogP) is 2.67. The summed E-state index contributed by atoms with van der Waals surface area (Å²) in [6.07, 6.45) is 0. The molecule has 0 spiro atoms. The molecule has 0 radical (unpaired) electrons. The summed E-state index contributed by atoms with van der Waals surface area (Å²) in [5.74, 6) is -0.415. The zero-order valence-electron chi connectivity index (χ0n) is 10.00. The van der Waals surface area contributed by atoms with Crippen molar-refractivity contribution in [1.82, 2.24) is 9.78 Å². The van der Waals surface area contributed by atoms with Crippen LogP contribution in [-0.2, 0) is 6.54 Å². The summed E-state index contributed by atoms with van der Waals surface area (Å²) in [6, 6.07) is 8.93. The van der Waals surface area contributed by atoms with Gasteiger partial charge in [0.1, 0.15) is 6.07 Å². The summed E-state index contributed by atoms with van der Waals surface area (Å²) in [5, 5.41) is 24.2. The summed E-state index contributed by atoms with van der Waals surface area (Å²) in [6.45, 7) is 1.96. The van der Waals surface area contributed by atoms with Crippen molar-refractivity contribution in [2.75, 3.05) is 0 Å². The van der Waals surface area contributed by atoms with E-state index in [0.717, 1.165) is 5.56 Å². The molecule has 0 unspecified atom stereocenters. The van der Waals surface area contributed by atoms with Gasteiger partial charge in [-0.05, 0) is 29.5 Å². The van der Waals surface area contributed by atoms with Crippen molar-refractivity contribution in [1.29, 1.82) is 5.26 Å². The number of nitro groups is 1. The molecule has 0 N–H and O–H groups in total. The van der Waals surface area contributed by atoms with E-state index in [2.05, 4.69) is 5.10 Å². The van der Waals surface area contributed by atoms with Gasteiger partial charge >= 0.3 is 5.82 Å². The van der Waals surface area contributed by atoms with Gasteiger partial charge < -0.3 is 10.1 Å². The monoisotopic (exact) mass is 276 g/mol. The Bertz CT molecular complexity index is 688. The third kappa shape index (κ3) is 2.56. The standard InChI is InChI=1S/C12H9ClN4O2/c1-8-11(6-14)12(17(18)19)15-16(8)7-9-3-2-4-10(13)5-9/h2-5H,7H2,1H3. The Kier molecular flexibility index (Phi) is 3.49. The van der Waals surface area contributed by atoms with Crippen LogP contribution in [0.5, 0.6) is 0 Å². The fraction of sp³-hybridized carbons (Fsp3) is 0.167. The topological polar surface area (TPSA) is 84.8 Å². The van der Waals surface area contributed by atoms with Crippen LogP contribution in [0, 0.1) is 28.4 Å². The summed E-state index contributed by atoms with van der Waals surface area (Å²) in [5.41, 5.74) is 1.32. The quantitative estimate of drug-likeness (QED) is 0.637. The molecule has 0 saturated heterocycles. The van der Waals surface area contributed by atoms with E-state index < -0.39 is 10.7 Å². The van der Waals surface area contributed by atoms with E-state index in [1.165, 1.54) is 4.68 Å². The SMILES string of the molecule is Cc1c(C#N)c([N+](=O)[O-])nn1Cc1cccc(Cl)c1. The van der Waals surface area contributed by atoms with E-state index in [0.29, 0.717) is 17.3 Å². The maximum Gasteiger partial charge on any atom is 0.408 e. The van der Waals surface area contributed by atoms with Crippen molar-refractivity contribution in [2.24, 2.45) is 0 Å². The Morgan fingerprint density at radius 2 is 2.32 bits per heavy atom. The minimum Gasteiger partial charge on any atom is -0.358 e. The van der Waals surface area contributed by atoms with Gasteiger partial charge in [0, 0.05) is 5.02 Å². The number of rotatable bonds is 3. The van der Waals surface area contributed by atoms with Crippen molar-refractivity contribution < 1.29 is 4.92 Å². The van der Waals surface area contributed by atoms with Gasteiger partial charge in [-0.1, -0.05) is 23.7 Å². The van der Waals surface area contributed by atoms with Gasteiger partial charge in [-0.25, -0.2) is 0 Å². The van der Waals surface area contributed by atoms with Crippen LogP contribution in [0.2, 0.25) is 5.02 Å². The second-order valence-electron chi connectivity index (χ2n) is 3.94. The van der Waals surface area contributed by atoms with E-state index in [9.17, 15) is 10.1 Å². The second kappa shape index (κ2) is 5.08. The molecule has 0 bridgehead atoms. The molecule has 7 heteroatoms. The Labute approximate surface area is 114 Å². The molecule has 0 fully saturated rings. The van der Waals surface area contributed by atoms with Crippen LogP contribution < -0.4 is 0 Å². The summed E-state index contributed by atoms with van der Waals surface area (Å²) >= 11 is 5.87. The lowest BCUT2D eigenvalue weighted by Crippen LogP contribution is -2.04. The number of halogens is 1. The van der Waals surface area contributed by atoms with Crippen molar-refractivity contribution in [3.63, 3.8) is 0 Å². The van der Waals surface area contributed by atoms with Crippen molar-refractivity contribution >= 4 is 17.4 Å². The minimum atomic E-state index is -0.653. The Morgan fingerprint density at radius 1 is 1.58 bits per heavy atom. The van der Waals surface area contributed by atoms with Gasteiger partial charge in [-0.3, -0.25) is 0 Å². The third-order valence-electron chi connectivity index (χ3n) is 2.69. The molecule has 6 nitrogen and oxygen atoms in total. The molecule has 1 aromatic heterocycles. The van der Waals surface area contributed by atoms with Crippen LogP contribution in [0.15, 0.2) is 24.3 Å². The number of nitrogens with zero attached hydrogens (tertiary/aromatic N) is 4. The highest BCUT2D eigenvalue weighted by Crippen LogP contribution is 2.21. The molecular formula is C12H9ClN4O2. The first kappa shape index (κ1) is 13.1. The maximum absolute atomic E-state index is 10.8. The molecule has 19 heavy (non-hydrogen) atoms. The fourth-order valence-electron chi connectivity index (χ4n) is 1.75. The van der Waals surface area contributed by atoms with Crippen LogP contribution >= 0.6 is 11.6 Å². The Morgan fingerprint density at radius 3 is 2.84 bits per heavy atom. The number of nitriles is 1. The van der Waals surface area contributed by atoms with Crippen LogP contribution in [-0.4, -0.2) is 14.7 Å². The van der Waals surface area contributed by atoms with Crippen molar-refractivity contribution in [2.45, 2.75) is 13.5 Å². The summed E-state index contributed by atoms with van der Waals surface area (Å²) in [7, 11) is 0. The molecule has 0 aliphatic heterocycles. The molecule has 0 saturated carbocycles. The number of aromatic nitrogens is 2. The summed E-state index contributed by atoms with van der Waals surface area (Å²) in [4.78, 5) is 10.2. The van der Waals surface area contributed by atoms with Crippen molar-refractivity contribution in [3.8, 4) is 6.07 Å². The third-order valence-corrected chi connectivity index (χ3v) is 2.93. The molecule has 0 aliphatic rings. The normalized spacial score (nSPS) is 10.2. The van der Waals surface area contributed by atoms with Gasteiger partial charge in [0.25, 0.3) is 0 Å². The van der Waals surface area contributed by atoms with Crippen LogP contribution in [0.25, 0.3) is 0 Å². The molecular weight excluding hydrogens is 268 g/mol. The molecule has 1 aromatic carbocycles. The second-order valence-corrected chi connectivity index (χ2v) is 4.38. The largest absolute Gasteiger partial charge is 0.408 e. The minimum absolute atomic E-state index is 0.00738. The highest BCUT2D eigenvalue weighted by atomic mass is 35.5. The zero-order valence-corrected chi connectivity index (χ0v) is 10.8. The van der Waals surface area contributed by atoms with Gasteiger partial charge in [0.2, 0.25) is 0 Å². The highest BCUT2D eigenvalue weighted by Gasteiger charge is 2.25. The van der Waals surface area contributed by atoms with Crippen molar-refractivity contribution in [3.05, 3.63) is 56.2 Å². The van der Waals surface area contributed by atoms with E-state index in [1.807, 2.05) is 12.1 Å².